The van der Waals surface area contributed by atoms with Crippen molar-refractivity contribution in [3.05, 3.63) is 91.4 Å². The Morgan fingerprint density at radius 2 is 1.52 bits per heavy atom. The van der Waals surface area contributed by atoms with Crippen LogP contribution in [0.4, 0.5) is 11.4 Å². The van der Waals surface area contributed by atoms with Gasteiger partial charge in [0.25, 0.3) is 11.8 Å². The van der Waals surface area contributed by atoms with Gasteiger partial charge in [-0.05, 0) is 60.7 Å². The molecule has 3 aromatic carbocycles. The number of halogens is 4. The summed E-state index contributed by atoms with van der Waals surface area (Å²) in [5.74, 6) is -0.765. The molecule has 0 unspecified atom stereocenters. The molecule has 0 radical (unpaired) electrons. The van der Waals surface area contributed by atoms with Gasteiger partial charge in [0.1, 0.15) is 16.4 Å². The smallest absolute Gasteiger partial charge is 0.283 e. The molecular weight excluding hydrogens is 526 g/mol. The first-order chi connectivity index (χ1) is 15.8. The van der Waals surface area contributed by atoms with E-state index in [9.17, 15) is 9.59 Å². The van der Waals surface area contributed by atoms with E-state index in [1.165, 1.54) is 13.2 Å². The maximum absolute atomic E-state index is 13.5. The fraction of sp³-hybridized carbons (Fsp3) is 0.0435. The van der Waals surface area contributed by atoms with Gasteiger partial charge in [-0.15, -0.1) is 0 Å². The van der Waals surface area contributed by atoms with E-state index >= 15 is 0 Å². The fourth-order valence-corrected chi connectivity index (χ4v) is 4.63. The predicted octanol–water partition coefficient (Wildman–Crippen LogP) is 7.30. The number of anilines is 2. The first-order valence-corrected chi connectivity index (χ1v) is 11.7. The van der Waals surface area contributed by atoms with E-state index in [0.717, 1.165) is 21.6 Å². The number of rotatable bonds is 6. The van der Waals surface area contributed by atoms with Gasteiger partial charge >= 0.3 is 0 Å². The van der Waals surface area contributed by atoms with Crippen LogP contribution in [0, 0.1) is 0 Å². The zero-order valence-electron chi connectivity index (χ0n) is 16.9. The molecule has 1 aliphatic heterocycles. The number of ether oxygens (including phenoxy) is 1. The van der Waals surface area contributed by atoms with Gasteiger partial charge in [-0.25, -0.2) is 4.90 Å². The number of amides is 2. The monoisotopic (exact) mass is 538 g/mol. The van der Waals surface area contributed by atoms with Gasteiger partial charge in [0, 0.05) is 20.6 Å². The topological polar surface area (TPSA) is 58.6 Å². The lowest BCUT2D eigenvalue weighted by molar-refractivity contribution is -0.120. The highest BCUT2D eigenvalue weighted by Gasteiger charge is 2.41. The highest BCUT2D eigenvalue weighted by atomic mass is 35.5. The number of carbonyl (C=O) groups is 2. The lowest BCUT2D eigenvalue weighted by atomic mass is 10.2. The summed E-state index contributed by atoms with van der Waals surface area (Å²) in [6.07, 6.45) is 0. The minimum Gasteiger partial charge on any atom is -0.495 e. The molecule has 168 valence electrons. The lowest BCUT2D eigenvalue weighted by Crippen LogP contribution is -2.32. The normalized spacial score (nSPS) is 13.7. The van der Waals surface area contributed by atoms with Crippen LogP contribution in [0.15, 0.2) is 76.2 Å². The highest BCUT2D eigenvalue weighted by Crippen LogP contribution is 2.41. The van der Waals surface area contributed by atoms with E-state index in [2.05, 4.69) is 5.32 Å². The summed E-state index contributed by atoms with van der Waals surface area (Å²) in [5, 5.41) is 4.61. The Balaban J connectivity index is 1.79. The summed E-state index contributed by atoms with van der Waals surface area (Å²) in [6.45, 7) is 0. The quantitative estimate of drug-likeness (QED) is 0.333. The van der Waals surface area contributed by atoms with Crippen LogP contribution in [0.2, 0.25) is 20.1 Å². The number of benzene rings is 3. The molecule has 0 saturated heterocycles. The third-order valence-electron chi connectivity index (χ3n) is 4.65. The summed E-state index contributed by atoms with van der Waals surface area (Å²) in [4.78, 5) is 28.9. The van der Waals surface area contributed by atoms with Gasteiger partial charge in [0.2, 0.25) is 0 Å². The lowest BCUT2D eigenvalue weighted by Gasteiger charge is -2.18. The average molecular weight is 540 g/mol. The van der Waals surface area contributed by atoms with Crippen molar-refractivity contribution in [2.75, 3.05) is 17.3 Å². The number of thioether (sulfide) groups is 1. The minimum absolute atomic E-state index is 0.0837. The van der Waals surface area contributed by atoms with E-state index in [1.54, 1.807) is 54.6 Å². The van der Waals surface area contributed by atoms with E-state index in [1.807, 2.05) is 0 Å². The molecular formula is C23H14Cl4N2O3S. The van der Waals surface area contributed by atoms with Gasteiger partial charge in [0.05, 0.1) is 22.8 Å². The largest absolute Gasteiger partial charge is 0.495 e. The number of hydrogen-bond donors (Lipinski definition) is 1. The molecule has 0 atom stereocenters. The Morgan fingerprint density at radius 3 is 2.18 bits per heavy atom. The Morgan fingerprint density at radius 1 is 0.818 bits per heavy atom. The predicted molar refractivity (Wildman–Crippen MR) is 135 cm³/mol. The molecule has 1 N–H and O–H groups in total. The van der Waals surface area contributed by atoms with Gasteiger partial charge < -0.3 is 10.1 Å². The number of nitrogens with zero attached hydrogens (tertiary/aromatic N) is 1. The summed E-state index contributed by atoms with van der Waals surface area (Å²) in [7, 11) is 1.45. The Bertz CT molecular complexity index is 1300. The van der Waals surface area contributed by atoms with Crippen LogP contribution >= 0.6 is 58.2 Å². The van der Waals surface area contributed by atoms with Crippen molar-refractivity contribution in [3.63, 3.8) is 0 Å². The second-order valence-corrected chi connectivity index (χ2v) is 9.55. The van der Waals surface area contributed by atoms with Gasteiger partial charge in [0.15, 0.2) is 0 Å². The standard InChI is InChI=1S/C23H14Cl4N2O3S/c1-32-19-9-4-13(25)10-18(19)29-22(30)20(28-14-5-8-16(26)17(27)11-14)21(23(29)31)33-15-6-2-12(24)3-7-15/h2-11,28H,1H3. The van der Waals surface area contributed by atoms with Crippen molar-refractivity contribution in [2.24, 2.45) is 0 Å². The van der Waals surface area contributed by atoms with E-state index in [0.29, 0.717) is 31.5 Å². The van der Waals surface area contributed by atoms with Crippen molar-refractivity contribution in [3.8, 4) is 5.75 Å². The van der Waals surface area contributed by atoms with E-state index in [4.69, 9.17) is 51.1 Å². The molecule has 4 rings (SSSR count). The van der Waals surface area contributed by atoms with Gasteiger partial charge in [-0.1, -0.05) is 58.2 Å². The third-order valence-corrected chi connectivity index (χ3v) is 6.96. The molecule has 0 fully saturated rings. The second kappa shape index (κ2) is 9.87. The van der Waals surface area contributed by atoms with Crippen molar-refractivity contribution in [2.45, 2.75) is 4.90 Å². The van der Waals surface area contributed by atoms with Crippen LogP contribution < -0.4 is 15.0 Å². The maximum atomic E-state index is 13.5. The summed E-state index contributed by atoms with van der Waals surface area (Å²) >= 11 is 25.4. The molecule has 0 aromatic heterocycles. The van der Waals surface area contributed by atoms with Crippen molar-refractivity contribution < 1.29 is 14.3 Å². The number of carbonyl (C=O) groups excluding carboxylic acids is 2. The van der Waals surface area contributed by atoms with Gasteiger partial charge in [-0.3, -0.25) is 9.59 Å². The fourth-order valence-electron chi connectivity index (χ4n) is 3.11. The first-order valence-electron chi connectivity index (χ1n) is 9.40. The molecule has 1 aliphatic rings. The molecule has 10 heteroatoms. The number of methoxy groups -OCH3 is 1. The third kappa shape index (κ3) is 4.95. The maximum Gasteiger partial charge on any atom is 0.283 e. The number of nitrogens with one attached hydrogen (secondary N) is 1. The summed E-state index contributed by atoms with van der Waals surface area (Å²) < 4.78 is 5.36. The van der Waals surface area contributed by atoms with Crippen molar-refractivity contribution in [1.82, 2.24) is 0 Å². The molecule has 5 nitrogen and oxygen atoms in total. The molecule has 0 spiro atoms. The van der Waals surface area contributed by atoms with Crippen molar-refractivity contribution >= 4 is 81.4 Å². The van der Waals surface area contributed by atoms with Crippen molar-refractivity contribution in [1.29, 1.82) is 0 Å². The average Bonchev–Trinajstić information content (AvgIpc) is 3.01. The zero-order valence-corrected chi connectivity index (χ0v) is 20.7. The number of hydrogen-bond acceptors (Lipinski definition) is 5. The molecule has 0 aliphatic carbocycles. The van der Waals surface area contributed by atoms with Crippen LogP contribution in [0.5, 0.6) is 5.75 Å². The van der Waals surface area contributed by atoms with Crippen LogP contribution in [0.1, 0.15) is 0 Å². The summed E-state index contributed by atoms with van der Waals surface area (Å²) in [5.41, 5.74) is 0.815. The molecule has 0 saturated carbocycles. The Hall–Kier alpha value is -2.35. The Kier molecular flexibility index (Phi) is 7.12. The molecule has 2 amide bonds. The first kappa shape index (κ1) is 23.8. The summed E-state index contributed by atoms with van der Waals surface area (Å²) in [6, 6.07) is 16.5. The molecule has 33 heavy (non-hydrogen) atoms. The molecule has 3 aromatic rings. The minimum atomic E-state index is -0.567. The van der Waals surface area contributed by atoms with Crippen LogP contribution in [0.3, 0.4) is 0 Å². The van der Waals surface area contributed by atoms with E-state index in [-0.39, 0.29) is 16.3 Å². The second-order valence-electron chi connectivity index (χ2n) is 6.78. The van der Waals surface area contributed by atoms with Crippen LogP contribution in [0.25, 0.3) is 0 Å². The molecule has 0 bridgehead atoms. The van der Waals surface area contributed by atoms with Crippen LogP contribution in [-0.4, -0.2) is 18.9 Å². The zero-order chi connectivity index (χ0) is 23.7. The van der Waals surface area contributed by atoms with E-state index < -0.39 is 11.8 Å². The SMILES string of the molecule is COc1ccc(Cl)cc1N1C(=O)C(Nc2ccc(Cl)c(Cl)c2)=C(Sc2ccc(Cl)cc2)C1=O. The molecule has 1 heterocycles. The Labute approximate surface area is 214 Å². The number of imide groups is 1. The highest BCUT2D eigenvalue weighted by molar-refractivity contribution is 8.04. The van der Waals surface area contributed by atoms with Crippen LogP contribution in [-0.2, 0) is 9.59 Å². The van der Waals surface area contributed by atoms with Gasteiger partial charge in [-0.2, -0.15) is 0 Å².